The van der Waals surface area contributed by atoms with E-state index in [4.69, 9.17) is 14.2 Å². The number of aromatic nitrogens is 1. The van der Waals surface area contributed by atoms with Gasteiger partial charge in [-0.3, -0.25) is 9.59 Å². The van der Waals surface area contributed by atoms with Gasteiger partial charge in [0.1, 0.15) is 5.69 Å². The fourth-order valence-electron chi connectivity index (χ4n) is 2.78. The van der Waals surface area contributed by atoms with Crippen LogP contribution in [0.4, 0.5) is 0 Å². The Hall–Kier alpha value is -2.97. The highest BCUT2D eigenvalue weighted by Gasteiger charge is 2.29. The third-order valence-electron chi connectivity index (χ3n) is 4.12. The van der Waals surface area contributed by atoms with Crippen LogP contribution in [0.5, 0.6) is 0 Å². The number of H-pyrrole nitrogens is 1. The van der Waals surface area contributed by atoms with E-state index < -0.39 is 23.9 Å². The van der Waals surface area contributed by atoms with Crippen molar-refractivity contribution in [3.05, 3.63) is 47.3 Å². The predicted octanol–water partition coefficient (Wildman–Crippen LogP) is 2.08. The van der Waals surface area contributed by atoms with Crippen molar-refractivity contribution in [3.63, 3.8) is 0 Å². The van der Waals surface area contributed by atoms with Crippen molar-refractivity contribution < 1.29 is 28.6 Å². The number of benzene rings is 1. The lowest BCUT2D eigenvalue weighted by Crippen LogP contribution is -2.38. The van der Waals surface area contributed by atoms with Gasteiger partial charge in [-0.1, -0.05) is 30.3 Å². The van der Waals surface area contributed by atoms with Crippen LogP contribution in [0.2, 0.25) is 0 Å². The molecule has 0 atom stereocenters. The van der Waals surface area contributed by atoms with Gasteiger partial charge in [0.25, 0.3) is 11.7 Å². The molecular formula is C20H24N2O6. The number of ether oxygens (including phenoxy) is 3. The number of hydrogen-bond donors (Lipinski definition) is 2. The summed E-state index contributed by atoms with van der Waals surface area (Å²) in [4.78, 5) is 40.5. The van der Waals surface area contributed by atoms with E-state index in [9.17, 15) is 14.4 Å². The van der Waals surface area contributed by atoms with Crippen LogP contribution in [0.1, 0.15) is 33.5 Å². The van der Waals surface area contributed by atoms with Gasteiger partial charge in [0.2, 0.25) is 0 Å². The van der Waals surface area contributed by atoms with Gasteiger partial charge < -0.3 is 24.5 Å². The van der Waals surface area contributed by atoms with Crippen molar-refractivity contribution in [2.24, 2.45) is 0 Å². The van der Waals surface area contributed by atoms with E-state index in [0.29, 0.717) is 16.8 Å². The Morgan fingerprint density at radius 1 is 1.11 bits per heavy atom. The molecule has 1 aromatic carbocycles. The minimum Gasteiger partial charge on any atom is -0.462 e. The van der Waals surface area contributed by atoms with E-state index in [1.165, 1.54) is 14.2 Å². The largest absolute Gasteiger partial charge is 0.462 e. The molecule has 1 aromatic heterocycles. The number of esters is 1. The number of nitrogens with one attached hydrogen (secondary N) is 2. The highest BCUT2D eigenvalue weighted by molar-refractivity contribution is 6.43. The summed E-state index contributed by atoms with van der Waals surface area (Å²) in [5.74, 6) is -2.20. The molecule has 28 heavy (non-hydrogen) atoms. The lowest BCUT2D eigenvalue weighted by molar-refractivity contribution is -0.123. The second-order valence-corrected chi connectivity index (χ2v) is 5.90. The first-order chi connectivity index (χ1) is 13.4. The SMILES string of the molecule is CCOC(=O)c1c(C)[nH]c(C(=O)C(=O)NCC(OC)OC)c1-c1ccccc1. The van der Waals surface area contributed by atoms with Gasteiger partial charge in [-0.25, -0.2) is 4.79 Å². The summed E-state index contributed by atoms with van der Waals surface area (Å²) in [5, 5.41) is 2.47. The number of carbonyl (C=O) groups is 3. The van der Waals surface area contributed by atoms with Crippen LogP contribution < -0.4 is 5.32 Å². The maximum atomic E-state index is 12.8. The van der Waals surface area contributed by atoms with Gasteiger partial charge >= 0.3 is 5.97 Å². The third kappa shape index (κ3) is 4.65. The lowest BCUT2D eigenvalue weighted by atomic mass is 9.98. The van der Waals surface area contributed by atoms with Crippen LogP contribution in [0.25, 0.3) is 11.1 Å². The first-order valence-electron chi connectivity index (χ1n) is 8.77. The lowest BCUT2D eigenvalue weighted by Gasteiger charge is -2.13. The number of Topliss-reactive ketones (excluding diaryl/α,β-unsaturated/α-hetero) is 1. The number of ketones is 1. The molecule has 1 amide bonds. The molecule has 2 N–H and O–H groups in total. The molecule has 0 saturated heterocycles. The summed E-state index contributed by atoms with van der Waals surface area (Å²) < 4.78 is 15.1. The van der Waals surface area contributed by atoms with Crippen LogP contribution >= 0.6 is 0 Å². The fraction of sp³-hybridized carbons (Fsp3) is 0.350. The van der Waals surface area contributed by atoms with Crippen LogP contribution in [0.15, 0.2) is 30.3 Å². The number of hydrogen-bond acceptors (Lipinski definition) is 6. The van der Waals surface area contributed by atoms with E-state index in [2.05, 4.69) is 10.3 Å². The Morgan fingerprint density at radius 3 is 2.32 bits per heavy atom. The fourth-order valence-corrected chi connectivity index (χ4v) is 2.78. The Morgan fingerprint density at radius 2 is 1.75 bits per heavy atom. The molecule has 0 fully saturated rings. The molecule has 0 spiro atoms. The van der Waals surface area contributed by atoms with Gasteiger partial charge in [-0.15, -0.1) is 0 Å². The Kier molecular flexibility index (Phi) is 7.48. The van der Waals surface area contributed by atoms with E-state index in [-0.39, 0.29) is 24.4 Å². The molecule has 0 unspecified atom stereocenters. The zero-order valence-electron chi connectivity index (χ0n) is 16.3. The molecule has 0 saturated carbocycles. The molecule has 2 rings (SSSR count). The van der Waals surface area contributed by atoms with Gasteiger partial charge in [-0.05, 0) is 19.4 Å². The van der Waals surface area contributed by atoms with Gasteiger partial charge in [0.05, 0.1) is 18.7 Å². The minimum absolute atomic E-state index is 0.00265. The summed E-state index contributed by atoms with van der Waals surface area (Å²) in [6, 6.07) is 8.89. The highest BCUT2D eigenvalue weighted by Crippen LogP contribution is 2.31. The standard InChI is InChI=1S/C20H24N2O6/c1-5-28-20(25)15-12(2)22-17(16(15)13-9-7-6-8-10-13)18(23)19(24)21-11-14(26-3)27-4/h6-10,14,22H,5,11H2,1-4H3,(H,21,24). The summed E-state index contributed by atoms with van der Waals surface area (Å²) >= 11 is 0. The molecule has 150 valence electrons. The summed E-state index contributed by atoms with van der Waals surface area (Å²) in [7, 11) is 2.85. The van der Waals surface area contributed by atoms with Gasteiger partial charge in [0.15, 0.2) is 6.29 Å². The molecule has 1 heterocycles. The van der Waals surface area contributed by atoms with Crippen LogP contribution in [-0.4, -0.2) is 56.3 Å². The molecule has 2 aromatic rings. The molecule has 0 aliphatic carbocycles. The summed E-state index contributed by atoms with van der Waals surface area (Å²) in [6.45, 7) is 3.54. The number of methoxy groups -OCH3 is 2. The second kappa shape index (κ2) is 9.82. The van der Waals surface area contributed by atoms with Gasteiger partial charge in [-0.2, -0.15) is 0 Å². The molecular weight excluding hydrogens is 364 g/mol. The average Bonchev–Trinajstić information content (AvgIpc) is 3.06. The number of rotatable bonds is 9. The average molecular weight is 388 g/mol. The Balaban J connectivity index is 2.43. The molecule has 8 nitrogen and oxygen atoms in total. The first kappa shape index (κ1) is 21.3. The maximum absolute atomic E-state index is 12.8. The minimum atomic E-state index is -0.840. The Labute approximate surface area is 163 Å². The van der Waals surface area contributed by atoms with E-state index in [0.717, 1.165) is 0 Å². The monoisotopic (exact) mass is 388 g/mol. The zero-order chi connectivity index (χ0) is 20.7. The van der Waals surface area contributed by atoms with Crippen molar-refractivity contribution >= 4 is 17.7 Å². The quantitative estimate of drug-likeness (QED) is 0.295. The van der Waals surface area contributed by atoms with E-state index in [1.54, 1.807) is 38.1 Å². The van der Waals surface area contributed by atoms with Crippen LogP contribution in [0, 0.1) is 6.92 Å². The van der Waals surface area contributed by atoms with E-state index in [1.807, 2.05) is 6.07 Å². The number of amides is 1. The van der Waals surface area contributed by atoms with Gasteiger partial charge in [0, 0.05) is 25.5 Å². The predicted molar refractivity (Wildman–Crippen MR) is 102 cm³/mol. The van der Waals surface area contributed by atoms with E-state index >= 15 is 0 Å². The molecule has 0 radical (unpaired) electrons. The summed E-state index contributed by atoms with van der Waals surface area (Å²) in [6.07, 6.45) is -0.675. The molecule has 0 bridgehead atoms. The van der Waals surface area contributed by atoms with Crippen LogP contribution in [-0.2, 0) is 19.0 Å². The molecule has 0 aliphatic heterocycles. The zero-order valence-corrected chi connectivity index (χ0v) is 16.3. The number of carbonyl (C=O) groups excluding carboxylic acids is 3. The molecule has 8 heteroatoms. The molecule has 0 aliphatic rings. The smallest absolute Gasteiger partial charge is 0.340 e. The second-order valence-electron chi connectivity index (χ2n) is 5.90. The third-order valence-corrected chi connectivity index (χ3v) is 4.12. The Bertz CT molecular complexity index is 840. The van der Waals surface area contributed by atoms with Crippen molar-refractivity contribution in [3.8, 4) is 11.1 Å². The van der Waals surface area contributed by atoms with Crippen molar-refractivity contribution in [1.29, 1.82) is 0 Å². The first-order valence-corrected chi connectivity index (χ1v) is 8.77. The number of aromatic amines is 1. The maximum Gasteiger partial charge on any atom is 0.340 e. The summed E-state index contributed by atoms with van der Waals surface area (Å²) in [5.41, 5.74) is 1.66. The van der Waals surface area contributed by atoms with Crippen LogP contribution in [0.3, 0.4) is 0 Å². The van der Waals surface area contributed by atoms with Crippen molar-refractivity contribution in [1.82, 2.24) is 10.3 Å². The number of aryl methyl sites for hydroxylation is 1. The highest BCUT2D eigenvalue weighted by atomic mass is 16.7. The topological polar surface area (TPSA) is 107 Å². The van der Waals surface area contributed by atoms with Crippen molar-refractivity contribution in [2.75, 3.05) is 27.4 Å². The normalized spacial score (nSPS) is 10.8. The van der Waals surface area contributed by atoms with Crippen molar-refractivity contribution in [2.45, 2.75) is 20.1 Å².